The molecule has 0 atom stereocenters. The van der Waals surface area contributed by atoms with E-state index in [1.807, 2.05) is 85.8 Å². The number of amides is 1. The minimum Gasteiger partial charge on any atom is -0.490 e. The van der Waals surface area contributed by atoms with Crippen molar-refractivity contribution in [3.63, 3.8) is 0 Å². The zero-order chi connectivity index (χ0) is 26.7. The molecule has 0 aliphatic carbocycles. The van der Waals surface area contributed by atoms with Crippen LogP contribution in [-0.2, 0) is 12.4 Å². The van der Waals surface area contributed by atoms with Crippen LogP contribution in [0.1, 0.15) is 34.0 Å². The van der Waals surface area contributed by atoms with Crippen molar-refractivity contribution in [1.29, 1.82) is 0 Å². The molecule has 0 saturated carbocycles. The van der Waals surface area contributed by atoms with Crippen LogP contribution in [0.2, 0.25) is 10.0 Å². The first-order valence-corrected chi connectivity index (χ1v) is 13.7. The second kappa shape index (κ2) is 13.9. The predicted molar refractivity (Wildman–Crippen MR) is 156 cm³/mol. The molecule has 0 fully saturated rings. The van der Waals surface area contributed by atoms with Crippen molar-refractivity contribution in [3.05, 3.63) is 123 Å². The zero-order valence-electron chi connectivity index (χ0n) is 20.7. The van der Waals surface area contributed by atoms with Gasteiger partial charge in [-0.25, -0.2) is 5.43 Å². The third kappa shape index (κ3) is 8.28. The normalized spacial score (nSPS) is 10.9. The van der Waals surface area contributed by atoms with Crippen LogP contribution in [-0.4, -0.2) is 18.7 Å². The molecular weight excluding hydrogens is 539 g/mol. The van der Waals surface area contributed by atoms with E-state index in [-0.39, 0.29) is 5.91 Å². The second-order valence-electron chi connectivity index (χ2n) is 8.20. The first-order chi connectivity index (χ1) is 18.5. The van der Waals surface area contributed by atoms with E-state index in [2.05, 4.69) is 10.5 Å². The minimum atomic E-state index is -0.287. The van der Waals surface area contributed by atoms with E-state index in [0.29, 0.717) is 35.3 Å². The molecule has 0 aliphatic heterocycles. The Morgan fingerprint density at radius 1 is 0.868 bits per heavy atom. The maximum Gasteiger partial charge on any atom is 0.271 e. The van der Waals surface area contributed by atoms with Gasteiger partial charge in [-0.1, -0.05) is 47.5 Å². The van der Waals surface area contributed by atoms with Gasteiger partial charge >= 0.3 is 0 Å². The SMILES string of the molecule is CCOc1cc(/C=N/NC(=O)c2ccc(CSc3ccc(Cl)cc3)cc2)ccc1OCc1cccc(Cl)c1. The van der Waals surface area contributed by atoms with Crippen molar-refractivity contribution in [2.45, 2.75) is 24.2 Å². The number of thioether (sulfide) groups is 1. The number of hydrazone groups is 1. The molecule has 0 radical (unpaired) electrons. The molecule has 4 rings (SSSR count). The Balaban J connectivity index is 1.31. The second-order valence-corrected chi connectivity index (χ2v) is 10.1. The van der Waals surface area contributed by atoms with E-state index in [9.17, 15) is 4.79 Å². The molecule has 1 N–H and O–H groups in total. The molecule has 0 heterocycles. The summed E-state index contributed by atoms with van der Waals surface area (Å²) in [5.41, 5.74) is 5.95. The lowest BCUT2D eigenvalue weighted by Gasteiger charge is -2.12. The lowest BCUT2D eigenvalue weighted by atomic mass is 10.1. The summed E-state index contributed by atoms with van der Waals surface area (Å²) in [5.74, 6) is 1.71. The van der Waals surface area contributed by atoms with E-state index >= 15 is 0 Å². The standard InChI is InChI=1S/C30H26Cl2N2O3S/c1-2-36-29-17-22(8-15-28(29)37-19-23-4-3-5-26(32)16-23)18-33-34-30(35)24-9-6-21(7-10-24)20-38-27-13-11-25(31)12-14-27/h3-18H,2,19-20H2,1H3,(H,34,35)/b33-18+. The molecule has 4 aromatic rings. The van der Waals surface area contributed by atoms with Crippen LogP contribution in [0.5, 0.6) is 11.5 Å². The topological polar surface area (TPSA) is 59.9 Å². The lowest BCUT2D eigenvalue weighted by Crippen LogP contribution is -2.17. The van der Waals surface area contributed by atoms with Crippen LogP contribution in [0.15, 0.2) is 101 Å². The number of nitrogens with zero attached hydrogens (tertiary/aromatic N) is 1. The van der Waals surface area contributed by atoms with E-state index in [1.54, 1.807) is 30.1 Å². The van der Waals surface area contributed by atoms with Crippen molar-refractivity contribution >= 4 is 47.1 Å². The van der Waals surface area contributed by atoms with Gasteiger partial charge in [0.05, 0.1) is 12.8 Å². The minimum absolute atomic E-state index is 0.287. The first kappa shape index (κ1) is 27.6. The number of hydrogen-bond acceptors (Lipinski definition) is 5. The fourth-order valence-electron chi connectivity index (χ4n) is 3.46. The Bertz CT molecular complexity index is 1390. The van der Waals surface area contributed by atoms with Gasteiger partial charge in [0.1, 0.15) is 6.61 Å². The van der Waals surface area contributed by atoms with Gasteiger partial charge in [-0.05, 0) is 90.3 Å². The third-order valence-electron chi connectivity index (χ3n) is 5.37. The van der Waals surface area contributed by atoms with Gasteiger partial charge in [-0.15, -0.1) is 11.8 Å². The number of halogens is 2. The fraction of sp³-hybridized carbons (Fsp3) is 0.133. The molecule has 194 valence electrons. The highest BCUT2D eigenvalue weighted by atomic mass is 35.5. The average Bonchev–Trinajstić information content (AvgIpc) is 2.93. The molecular formula is C30H26Cl2N2O3S. The number of nitrogens with one attached hydrogen (secondary N) is 1. The van der Waals surface area contributed by atoms with Gasteiger partial charge in [0.25, 0.3) is 5.91 Å². The number of carbonyl (C=O) groups is 1. The summed E-state index contributed by atoms with van der Waals surface area (Å²) < 4.78 is 11.7. The number of ether oxygens (including phenoxy) is 2. The van der Waals surface area contributed by atoms with Crippen molar-refractivity contribution in [3.8, 4) is 11.5 Å². The summed E-state index contributed by atoms with van der Waals surface area (Å²) >= 11 is 13.7. The van der Waals surface area contributed by atoms with Crippen molar-refractivity contribution in [2.24, 2.45) is 5.10 Å². The summed E-state index contributed by atoms with van der Waals surface area (Å²) in [5, 5.41) is 5.49. The Labute approximate surface area is 236 Å². The summed E-state index contributed by atoms with van der Waals surface area (Å²) in [6, 6.07) is 28.2. The molecule has 5 nitrogen and oxygen atoms in total. The van der Waals surface area contributed by atoms with Crippen molar-refractivity contribution < 1.29 is 14.3 Å². The summed E-state index contributed by atoms with van der Waals surface area (Å²) in [6.07, 6.45) is 1.57. The molecule has 1 amide bonds. The quantitative estimate of drug-likeness (QED) is 0.114. The Morgan fingerprint density at radius 3 is 2.39 bits per heavy atom. The van der Waals surface area contributed by atoms with Crippen LogP contribution >= 0.6 is 35.0 Å². The zero-order valence-corrected chi connectivity index (χ0v) is 23.0. The molecule has 38 heavy (non-hydrogen) atoms. The highest BCUT2D eigenvalue weighted by molar-refractivity contribution is 7.98. The Hall–Kier alpha value is -3.45. The maximum absolute atomic E-state index is 12.5. The van der Waals surface area contributed by atoms with Crippen molar-refractivity contribution in [1.82, 2.24) is 5.43 Å². The van der Waals surface area contributed by atoms with Crippen LogP contribution in [0.25, 0.3) is 0 Å². The van der Waals surface area contributed by atoms with Crippen LogP contribution in [0.4, 0.5) is 0 Å². The molecule has 0 aliphatic rings. The molecule has 0 saturated heterocycles. The molecule has 0 spiro atoms. The highest BCUT2D eigenvalue weighted by Gasteiger charge is 2.08. The van der Waals surface area contributed by atoms with Gasteiger partial charge in [0.2, 0.25) is 0 Å². The summed E-state index contributed by atoms with van der Waals surface area (Å²) in [4.78, 5) is 13.7. The highest BCUT2D eigenvalue weighted by Crippen LogP contribution is 2.29. The van der Waals surface area contributed by atoms with E-state index in [1.165, 1.54) is 0 Å². The number of rotatable bonds is 11. The number of hydrogen-bond donors (Lipinski definition) is 1. The van der Waals surface area contributed by atoms with E-state index in [0.717, 1.165) is 32.4 Å². The van der Waals surface area contributed by atoms with Crippen LogP contribution in [0.3, 0.4) is 0 Å². The molecule has 4 aromatic carbocycles. The lowest BCUT2D eigenvalue weighted by molar-refractivity contribution is 0.0955. The molecule has 8 heteroatoms. The number of carbonyl (C=O) groups excluding carboxylic acids is 1. The van der Waals surface area contributed by atoms with Gasteiger partial charge in [-0.2, -0.15) is 5.10 Å². The largest absolute Gasteiger partial charge is 0.490 e. The van der Waals surface area contributed by atoms with Gasteiger partial charge in [0, 0.05) is 26.3 Å². The first-order valence-electron chi connectivity index (χ1n) is 11.9. The van der Waals surface area contributed by atoms with Gasteiger partial charge in [0.15, 0.2) is 11.5 Å². The predicted octanol–water partition coefficient (Wildman–Crippen LogP) is 8.03. The van der Waals surface area contributed by atoms with E-state index < -0.39 is 0 Å². The fourth-order valence-corrected chi connectivity index (χ4v) is 4.65. The molecule has 0 aromatic heterocycles. The monoisotopic (exact) mass is 564 g/mol. The maximum atomic E-state index is 12.5. The van der Waals surface area contributed by atoms with Crippen LogP contribution in [0, 0.1) is 0 Å². The average molecular weight is 566 g/mol. The van der Waals surface area contributed by atoms with Crippen molar-refractivity contribution in [2.75, 3.05) is 6.61 Å². The number of benzene rings is 4. The summed E-state index contributed by atoms with van der Waals surface area (Å²) in [7, 11) is 0. The van der Waals surface area contributed by atoms with Gasteiger partial charge < -0.3 is 9.47 Å². The Kier molecular flexibility index (Phi) is 10.1. The third-order valence-corrected chi connectivity index (χ3v) is 6.94. The van der Waals surface area contributed by atoms with Gasteiger partial charge in [-0.3, -0.25) is 4.79 Å². The molecule has 0 bridgehead atoms. The van der Waals surface area contributed by atoms with Crippen LogP contribution < -0.4 is 14.9 Å². The molecule has 0 unspecified atom stereocenters. The van der Waals surface area contributed by atoms with E-state index in [4.69, 9.17) is 32.7 Å². The smallest absolute Gasteiger partial charge is 0.271 e. The Morgan fingerprint density at radius 2 is 1.66 bits per heavy atom. The summed E-state index contributed by atoms with van der Waals surface area (Å²) in [6.45, 7) is 2.76.